The van der Waals surface area contributed by atoms with Crippen LogP contribution in [0.15, 0.2) is 24.3 Å². The molecule has 0 radical (unpaired) electrons. The molecule has 2 N–H and O–H groups in total. The minimum absolute atomic E-state index is 0.166. The van der Waals surface area contributed by atoms with E-state index in [2.05, 4.69) is 47.9 Å². The first-order valence-corrected chi connectivity index (χ1v) is 8.45. The summed E-state index contributed by atoms with van der Waals surface area (Å²) in [6, 6.07) is 10.2. The molecular weight excluding hydrogens is 258 g/mol. The van der Waals surface area contributed by atoms with E-state index in [0.29, 0.717) is 6.04 Å². The summed E-state index contributed by atoms with van der Waals surface area (Å²) in [7, 11) is 0. The van der Waals surface area contributed by atoms with Crippen molar-refractivity contribution in [3.8, 4) is 0 Å². The van der Waals surface area contributed by atoms with Gasteiger partial charge in [-0.2, -0.15) is 0 Å². The lowest BCUT2D eigenvalue weighted by molar-refractivity contribution is 0.157. The summed E-state index contributed by atoms with van der Waals surface area (Å²) in [4.78, 5) is 5.34. The highest BCUT2D eigenvalue weighted by molar-refractivity contribution is 5.26. The molecule has 3 unspecified atom stereocenters. The molecule has 1 aromatic carbocycles. The maximum Gasteiger partial charge on any atom is 0.0497 e. The van der Waals surface area contributed by atoms with Gasteiger partial charge in [-0.3, -0.25) is 9.80 Å². The van der Waals surface area contributed by atoms with E-state index in [1.165, 1.54) is 56.6 Å². The van der Waals surface area contributed by atoms with Crippen molar-refractivity contribution < 1.29 is 0 Å². The number of nitrogens with two attached hydrogens (primary N) is 1. The molecule has 0 amide bonds. The van der Waals surface area contributed by atoms with E-state index in [-0.39, 0.29) is 6.04 Å². The topological polar surface area (TPSA) is 32.5 Å². The van der Waals surface area contributed by atoms with Crippen LogP contribution in [0.1, 0.15) is 43.4 Å². The Morgan fingerprint density at radius 2 is 2.00 bits per heavy atom. The van der Waals surface area contributed by atoms with Gasteiger partial charge >= 0.3 is 0 Å². The fourth-order valence-corrected chi connectivity index (χ4v) is 4.19. The molecule has 3 atom stereocenters. The first-order chi connectivity index (χ1) is 10.1. The predicted molar refractivity (Wildman–Crippen MR) is 88.4 cm³/mol. The van der Waals surface area contributed by atoms with Gasteiger partial charge in [0.05, 0.1) is 0 Å². The highest BCUT2D eigenvalue weighted by Crippen LogP contribution is 2.29. The number of hydrogen-bond donors (Lipinski definition) is 1. The summed E-state index contributed by atoms with van der Waals surface area (Å²) in [6.45, 7) is 9.24. The minimum Gasteiger partial charge on any atom is -0.326 e. The summed E-state index contributed by atoms with van der Waals surface area (Å²) in [5.74, 6) is 0. The molecule has 0 spiro atoms. The normalized spacial score (nSPS) is 27.1. The molecule has 2 saturated heterocycles. The smallest absolute Gasteiger partial charge is 0.0497 e. The molecular formula is C18H29N3. The molecule has 2 aliphatic rings. The van der Waals surface area contributed by atoms with Gasteiger partial charge in [0, 0.05) is 31.2 Å². The zero-order valence-electron chi connectivity index (χ0n) is 13.5. The van der Waals surface area contributed by atoms with Crippen LogP contribution >= 0.6 is 0 Å². The molecule has 116 valence electrons. The van der Waals surface area contributed by atoms with Gasteiger partial charge in [-0.05, 0) is 51.8 Å². The van der Waals surface area contributed by atoms with Gasteiger partial charge < -0.3 is 5.73 Å². The molecule has 2 aliphatic heterocycles. The van der Waals surface area contributed by atoms with Gasteiger partial charge in [-0.15, -0.1) is 0 Å². The molecule has 1 aromatic rings. The monoisotopic (exact) mass is 287 g/mol. The van der Waals surface area contributed by atoms with E-state index < -0.39 is 0 Å². The summed E-state index contributed by atoms with van der Waals surface area (Å²) in [6.07, 6.45) is 3.99. The Morgan fingerprint density at radius 1 is 1.19 bits per heavy atom. The summed E-state index contributed by atoms with van der Waals surface area (Å²) >= 11 is 0. The highest BCUT2D eigenvalue weighted by Gasteiger charge is 2.33. The van der Waals surface area contributed by atoms with Gasteiger partial charge in [0.15, 0.2) is 0 Å². The van der Waals surface area contributed by atoms with Crippen LogP contribution in [0.5, 0.6) is 0 Å². The zero-order valence-corrected chi connectivity index (χ0v) is 13.5. The quantitative estimate of drug-likeness (QED) is 0.927. The fourth-order valence-electron chi connectivity index (χ4n) is 4.19. The Bertz CT molecular complexity index is 471. The van der Waals surface area contributed by atoms with Gasteiger partial charge in [0.25, 0.3) is 0 Å². The number of aryl methyl sites for hydroxylation is 1. The van der Waals surface area contributed by atoms with Gasteiger partial charge in [0.2, 0.25) is 0 Å². The number of nitrogens with zero attached hydrogens (tertiary/aromatic N) is 2. The molecule has 3 rings (SSSR count). The van der Waals surface area contributed by atoms with E-state index in [1.807, 2.05) is 0 Å². The second-order valence-electron chi connectivity index (χ2n) is 6.90. The fraction of sp³-hybridized carbons (Fsp3) is 0.667. The van der Waals surface area contributed by atoms with Crippen molar-refractivity contribution in [1.82, 2.24) is 9.80 Å². The van der Waals surface area contributed by atoms with Gasteiger partial charge in [0.1, 0.15) is 0 Å². The molecule has 0 aromatic heterocycles. The Hall–Kier alpha value is -0.900. The largest absolute Gasteiger partial charge is 0.326 e. The molecule has 3 heteroatoms. The number of rotatable bonds is 3. The highest BCUT2D eigenvalue weighted by atomic mass is 15.3. The average molecular weight is 287 g/mol. The summed E-state index contributed by atoms with van der Waals surface area (Å²) in [5, 5.41) is 0. The third kappa shape index (κ3) is 3.31. The summed E-state index contributed by atoms with van der Waals surface area (Å²) in [5.41, 5.74) is 9.10. The molecule has 2 heterocycles. The Labute approximate surface area is 129 Å². The molecule has 2 fully saturated rings. The van der Waals surface area contributed by atoms with Crippen LogP contribution in [-0.4, -0.2) is 48.1 Å². The predicted octanol–water partition coefficient (Wildman–Crippen LogP) is 2.55. The van der Waals surface area contributed by atoms with Crippen molar-refractivity contribution in [2.24, 2.45) is 5.73 Å². The van der Waals surface area contributed by atoms with Crippen LogP contribution in [0, 0.1) is 6.92 Å². The SMILES string of the molecule is Cc1cccc(C(C(C)N)N2CCCN3CCCC3C2)c1. The minimum atomic E-state index is 0.166. The third-order valence-electron chi connectivity index (χ3n) is 5.11. The average Bonchev–Trinajstić information content (AvgIpc) is 2.77. The Balaban J connectivity index is 1.83. The maximum absolute atomic E-state index is 6.38. The first kappa shape index (κ1) is 15.0. The lowest BCUT2D eigenvalue weighted by atomic mass is 9.97. The van der Waals surface area contributed by atoms with E-state index >= 15 is 0 Å². The molecule has 0 saturated carbocycles. The summed E-state index contributed by atoms with van der Waals surface area (Å²) < 4.78 is 0. The van der Waals surface area contributed by atoms with E-state index in [4.69, 9.17) is 5.73 Å². The van der Waals surface area contributed by atoms with Gasteiger partial charge in [-0.25, -0.2) is 0 Å². The van der Waals surface area contributed by atoms with E-state index in [0.717, 1.165) is 6.04 Å². The van der Waals surface area contributed by atoms with Crippen LogP contribution in [0.3, 0.4) is 0 Å². The zero-order chi connectivity index (χ0) is 14.8. The van der Waals surface area contributed by atoms with Crippen LogP contribution in [0.2, 0.25) is 0 Å². The Morgan fingerprint density at radius 3 is 2.76 bits per heavy atom. The van der Waals surface area contributed by atoms with Crippen molar-refractivity contribution in [2.45, 2.75) is 51.2 Å². The van der Waals surface area contributed by atoms with Crippen LogP contribution in [0.25, 0.3) is 0 Å². The standard InChI is InChI=1S/C18H29N3/c1-14-6-3-7-16(12-14)18(15(2)19)21-11-5-10-20-9-4-8-17(20)13-21/h3,6-7,12,15,17-18H,4-5,8-11,13,19H2,1-2H3. The molecule has 0 aliphatic carbocycles. The van der Waals surface area contributed by atoms with Crippen LogP contribution in [0.4, 0.5) is 0 Å². The van der Waals surface area contributed by atoms with Crippen LogP contribution in [-0.2, 0) is 0 Å². The lowest BCUT2D eigenvalue weighted by Crippen LogP contribution is -2.44. The lowest BCUT2D eigenvalue weighted by Gasteiger charge is -2.35. The number of fused-ring (bicyclic) bond motifs is 1. The molecule has 0 bridgehead atoms. The van der Waals surface area contributed by atoms with E-state index in [9.17, 15) is 0 Å². The number of hydrogen-bond acceptors (Lipinski definition) is 3. The third-order valence-corrected chi connectivity index (χ3v) is 5.11. The van der Waals surface area contributed by atoms with Crippen molar-refractivity contribution in [3.05, 3.63) is 35.4 Å². The van der Waals surface area contributed by atoms with E-state index in [1.54, 1.807) is 0 Å². The Kier molecular flexibility index (Phi) is 4.63. The van der Waals surface area contributed by atoms with Crippen molar-refractivity contribution in [3.63, 3.8) is 0 Å². The number of benzene rings is 1. The van der Waals surface area contributed by atoms with Crippen molar-refractivity contribution in [1.29, 1.82) is 0 Å². The first-order valence-electron chi connectivity index (χ1n) is 8.45. The molecule has 21 heavy (non-hydrogen) atoms. The molecule has 3 nitrogen and oxygen atoms in total. The van der Waals surface area contributed by atoms with Gasteiger partial charge in [-0.1, -0.05) is 29.8 Å². The maximum atomic E-state index is 6.38. The van der Waals surface area contributed by atoms with Crippen molar-refractivity contribution in [2.75, 3.05) is 26.2 Å². The second kappa shape index (κ2) is 6.47. The van der Waals surface area contributed by atoms with Crippen LogP contribution < -0.4 is 5.73 Å². The van der Waals surface area contributed by atoms with Crippen molar-refractivity contribution >= 4 is 0 Å². The second-order valence-corrected chi connectivity index (χ2v) is 6.90.